The minimum Gasteiger partial charge on any atom is -0.457 e. The predicted octanol–water partition coefficient (Wildman–Crippen LogP) is 4.98. The number of rotatable bonds is 6. The van der Waals surface area contributed by atoms with E-state index >= 15 is 0 Å². The molecule has 1 unspecified atom stereocenters. The summed E-state index contributed by atoms with van der Waals surface area (Å²) in [6.45, 7) is 4.00. The van der Waals surface area contributed by atoms with Crippen molar-refractivity contribution in [2.75, 3.05) is 0 Å². The Morgan fingerprint density at radius 2 is 1.86 bits per heavy atom. The Morgan fingerprint density at radius 1 is 1.14 bits per heavy atom. The summed E-state index contributed by atoms with van der Waals surface area (Å²) in [5.74, 6) is 1.04. The highest BCUT2D eigenvalue weighted by Crippen LogP contribution is 2.29. The minimum atomic E-state index is -0.301. The first kappa shape index (κ1) is 15.5. The van der Waals surface area contributed by atoms with Crippen LogP contribution in [0.3, 0.4) is 0 Å². The first-order valence-corrected chi connectivity index (χ1v) is 7.42. The molecular formula is C18H22FNO. The zero-order valence-corrected chi connectivity index (χ0v) is 12.6. The van der Waals surface area contributed by atoms with Crippen molar-refractivity contribution in [2.45, 2.75) is 39.2 Å². The Morgan fingerprint density at radius 3 is 2.48 bits per heavy atom. The molecule has 112 valence electrons. The Bertz CT molecular complexity index is 578. The van der Waals surface area contributed by atoms with E-state index in [0.29, 0.717) is 11.3 Å². The lowest BCUT2D eigenvalue weighted by molar-refractivity contribution is 0.469. The van der Waals surface area contributed by atoms with Crippen molar-refractivity contribution in [1.29, 1.82) is 0 Å². The summed E-state index contributed by atoms with van der Waals surface area (Å²) in [7, 11) is 0. The fourth-order valence-corrected chi connectivity index (χ4v) is 2.20. The monoisotopic (exact) mass is 287 g/mol. The maximum absolute atomic E-state index is 13.3. The lowest BCUT2D eigenvalue weighted by Gasteiger charge is -2.14. The molecule has 21 heavy (non-hydrogen) atoms. The van der Waals surface area contributed by atoms with Gasteiger partial charge in [0.2, 0.25) is 0 Å². The van der Waals surface area contributed by atoms with E-state index in [1.165, 1.54) is 30.5 Å². The number of hydrogen-bond acceptors (Lipinski definition) is 2. The summed E-state index contributed by atoms with van der Waals surface area (Å²) in [6, 6.07) is 12.2. The van der Waals surface area contributed by atoms with Crippen molar-refractivity contribution in [3.63, 3.8) is 0 Å². The molecule has 2 nitrogen and oxygen atoms in total. The smallest absolute Gasteiger partial charge is 0.132 e. The number of unbranched alkanes of at least 4 members (excludes halogenated alkanes) is 1. The molecular weight excluding hydrogens is 265 g/mol. The summed E-state index contributed by atoms with van der Waals surface area (Å²) in [5.41, 5.74) is 7.84. The van der Waals surface area contributed by atoms with Crippen LogP contribution in [-0.4, -0.2) is 0 Å². The van der Waals surface area contributed by atoms with Crippen LogP contribution in [0.2, 0.25) is 0 Å². The van der Waals surface area contributed by atoms with Gasteiger partial charge in [-0.05, 0) is 55.7 Å². The number of benzene rings is 2. The van der Waals surface area contributed by atoms with E-state index in [9.17, 15) is 4.39 Å². The molecule has 2 N–H and O–H groups in total. The van der Waals surface area contributed by atoms with Gasteiger partial charge in [0.05, 0.1) is 0 Å². The molecule has 0 saturated carbocycles. The normalized spacial score (nSPS) is 12.2. The van der Waals surface area contributed by atoms with Crippen LogP contribution in [0.1, 0.15) is 43.9 Å². The lowest BCUT2D eigenvalue weighted by atomic mass is 10.1. The van der Waals surface area contributed by atoms with Crippen molar-refractivity contribution in [3.05, 3.63) is 59.4 Å². The van der Waals surface area contributed by atoms with Gasteiger partial charge in [0.15, 0.2) is 0 Å². The zero-order valence-electron chi connectivity index (χ0n) is 12.6. The molecule has 0 radical (unpaired) electrons. The van der Waals surface area contributed by atoms with Crippen LogP contribution in [0, 0.1) is 5.82 Å². The first-order valence-electron chi connectivity index (χ1n) is 7.42. The molecule has 3 heteroatoms. The number of aryl methyl sites for hydroxylation is 1. The summed E-state index contributed by atoms with van der Waals surface area (Å²) in [6.07, 6.45) is 3.46. The van der Waals surface area contributed by atoms with Gasteiger partial charge in [-0.1, -0.05) is 25.5 Å². The first-order chi connectivity index (χ1) is 10.1. The van der Waals surface area contributed by atoms with Gasteiger partial charge < -0.3 is 10.5 Å². The van der Waals surface area contributed by atoms with Crippen molar-refractivity contribution < 1.29 is 9.13 Å². The van der Waals surface area contributed by atoms with Crippen LogP contribution in [0.5, 0.6) is 11.5 Å². The van der Waals surface area contributed by atoms with Crippen molar-refractivity contribution in [3.8, 4) is 11.5 Å². The van der Waals surface area contributed by atoms with E-state index in [4.69, 9.17) is 10.5 Å². The van der Waals surface area contributed by atoms with E-state index in [2.05, 4.69) is 19.1 Å². The van der Waals surface area contributed by atoms with Gasteiger partial charge in [-0.2, -0.15) is 0 Å². The maximum Gasteiger partial charge on any atom is 0.132 e. The zero-order chi connectivity index (χ0) is 15.2. The van der Waals surface area contributed by atoms with E-state index in [1.807, 2.05) is 19.1 Å². The number of hydrogen-bond donors (Lipinski definition) is 1. The largest absolute Gasteiger partial charge is 0.457 e. The van der Waals surface area contributed by atoms with Crippen molar-refractivity contribution in [1.82, 2.24) is 0 Å². The fourth-order valence-electron chi connectivity index (χ4n) is 2.20. The SMILES string of the molecule is CCCCc1ccc(Oc2ccc(F)cc2C(C)N)cc1. The van der Waals surface area contributed by atoms with Crippen LogP contribution in [0.4, 0.5) is 4.39 Å². The minimum absolute atomic E-state index is 0.278. The molecule has 2 rings (SSSR count). The molecule has 0 aliphatic rings. The molecule has 0 aromatic heterocycles. The van der Waals surface area contributed by atoms with Gasteiger partial charge in [0.25, 0.3) is 0 Å². The van der Waals surface area contributed by atoms with E-state index in [1.54, 1.807) is 6.07 Å². The van der Waals surface area contributed by atoms with E-state index < -0.39 is 0 Å². The average Bonchev–Trinajstić information content (AvgIpc) is 2.48. The molecule has 0 aliphatic carbocycles. The number of nitrogens with two attached hydrogens (primary N) is 1. The number of halogens is 1. The van der Waals surface area contributed by atoms with Gasteiger partial charge in [-0.15, -0.1) is 0 Å². The quantitative estimate of drug-likeness (QED) is 0.813. The molecule has 0 bridgehead atoms. The van der Waals surface area contributed by atoms with Crippen LogP contribution >= 0.6 is 0 Å². The van der Waals surface area contributed by atoms with Gasteiger partial charge in [0, 0.05) is 11.6 Å². The summed E-state index contributed by atoms with van der Waals surface area (Å²) in [5, 5.41) is 0. The molecule has 0 fully saturated rings. The van der Waals surface area contributed by atoms with Crippen LogP contribution in [0.25, 0.3) is 0 Å². The van der Waals surface area contributed by atoms with Gasteiger partial charge in [-0.25, -0.2) is 4.39 Å². The molecule has 2 aromatic carbocycles. The second-order valence-electron chi connectivity index (χ2n) is 5.32. The average molecular weight is 287 g/mol. The van der Waals surface area contributed by atoms with E-state index in [-0.39, 0.29) is 11.9 Å². The third-order valence-electron chi connectivity index (χ3n) is 3.43. The third kappa shape index (κ3) is 4.30. The Labute approximate surface area is 125 Å². The molecule has 0 aliphatic heterocycles. The van der Waals surface area contributed by atoms with Crippen LogP contribution in [0.15, 0.2) is 42.5 Å². The van der Waals surface area contributed by atoms with E-state index in [0.717, 1.165) is 12.2 Å². The highest BCUT2D eigenvalue weighted by Gasteiger charge is 2.10. The molecule has 0 spiro atoms. The second kappa shape index (κ2) is 7.23. The maximum atomic E-state index is 13.3. The molecule has 0 amide bonds. The Hall–Kier alpha value is -1.87. The van der Waals surface area contributed by atoms with Crippen molar-refractivity contribution in [2.24, 2.45) is 5.73 Å². The van der Waals surface area contributed by atoms with Gasteiger partial charge >= 0.3 is 0 Å². The van der Waals surface area contributed by atoms with Crippen molar-refractivity contribution >= 4 is 0 Å². The lowest BCUT2D eigenvalue weighted by Crippen LogP contribution is -2.07. The summed E-state index contributed by atoms with van der Waals surface area (Å²) < 4.78 is 19.1. The standard InChI is InChI=1S/C18H22FNO/c1-3-4-5-14-6-9-16(10-7-14)21-18-11-8-15(19)12-17(18)13(2)20/h6-13H,3-5,20H2,1-2H3. The van der Waals surface area contributed by atoms with Gasteiger partial charge in [-0.3, -0.25) is 0 Å². The second-order valence-corrected chi connectivity index (χ2v) is 5.32. The molecule has 0 saturated heterocycles. The molecule has 0 heterocycles. The Balaban J connectivity index is 2.14. The predicted molar refractivity (Wildman–Crippen MR) is 84.1 cm³/mol. The summed E-state index contributed by atoms with van der Waals surface area (Å²) in [4.78, 5) is 0. The third-order valence-corrected chi connectivity index (χ3v) is 3.43. The molecule has 2 aromatic rings. The molecule has 1 atom stereocenters. The topological polar surface area (TPSA) is 35.2 Å². The summed E-state index contributed by atoms with van der Waals surface area (Å²) >= 11 is 0. The van der Waals surface area contributed by atoms with Crippen LogP contribution in [-0.2, 0) is 6.42 Å². The van der Waals surface area contributed by atoms with Gasteiger partial charge in [0.1, 0.15) is 17.3 Å². The highest BCUT2D eigenvalue weighted by atomic mass is 19.1. The fraction of sp³-hybridized carbons (Fsp3) is 0.333. The van der Waals surface area contributed by atoms with Crippen LogP contribution < -0.4 is 10.5 Å². The Kier molecular flexibility index (Phi) is 5.34. The number of ether oxygens (including phenoxy) is 1. The highest BCUT2D eigenvalue weighted by molar-refractivity contribution is 5.40.